The van der Waals surface area contributed by atoms with E-state index < -0.39 is 0 Å². The second-order valence-corrected chi connectivity index (χ2v) is 5.40. The van der Waals surface area contributed by atoms with Gasteiger partial charge in [0, 0.05) is 0 Å². The SMILES string of the molecule is CCCCCCC(CCCCC)Cc1cnn[nH]1. The fraction of sp³-hybridized carbons (Fsp3) is 0.867. The van der Waals surface area contributed by atoms with E-state index in [0.29, 0.717) is 0 Å². The zero-order valence-corrected chi connectivity index (χ0v) is 12.1. The predicted molar refractivity (Wildman–Crippen MR) is 76.5 cm³/mol. The summed E-state index contributed by atoms with van der Waals surface area (Å²) in [6, 6.07) is 0. The van der Waals surface area contributed by atoms with Crippen molar-refractivity contribution in [2.45, 2.75) is 78.1 Å². The monoisotopic (exact) mass is 251 g/mol. The lowest BCUT2D eigenvalue weighted by molar-refractivity contribution is 0.403. The topological polar surface area (TPSA) is 41.6 Å². The van der Waals surface area contributed by atoms with Crippen molar-refractivity contribution in [1.29, 1.82) is 0 Å². The van der Waals surface area contributed by atoms with Crippen LogP contribution < -0.4 is 0 Å². The molecule has 1 rings (SSSR count). The molecule has 18 heavy (non-hydrogen) atoms. The Balaban J connectivity index is 2.27. The van der Waals surface area contributed by atoms with Gasteiger partial charge in [-0.2, -0.15) is 0 Å². The summed E-state index contributed by atoms with van der Waals surface area (Å²) >= 11 is 0. The maximum Gasteiger partial charge on any atom is 0.0722 e. The second kappa shape index (κ2) is 10.1. The lowest BCUT2D eigenvalue weighted by atomic mass is 9.91. The molecule has 3 heteroatoms. The highest BCUT2D eigenvalue weighted by atomic mass is 15.3. The van der Waals surface area contributed by atoms with E-state index in [9.17, 15) is 0 Å². The lowest BCUT2D eigenvalue weighted by Gasteiger charge is -2.15. The lowest BCUT2D eigenvalue weighted by Crippen LogP contribution is -2.05. The highest BCUT2D eigenvalue weighted by Gasteiger charge is 2.10. The molecular formula is C15H29N3. The Bertz CT molecular complexity index is 269. The second-order valence-electron chi connectivity index (χ2n) is 5.40. The fourth-order valence-electron chi connectivity index (χ4n) is 2.52. The third-order valence-electron chi connectivity index (χ3n) is 3.66. The first kappa shape index (κ1) is 15.2. The van der Waals surface area contributed by atoms with E-state index in [1.54, 1.807) is 0 Å². The molecule has 1 aromatic rings. The van der Waals surface area contributed by atoms with Crippen LogP contribution in [0.1, 0.15) is 77.3 Å². The molecule has 0 saturated carbocycles. The van der Waals surface area contributed by atoms with E-state index in [2.05, 4.69) is 29.3 Å². The quantitative estimate of drug-likeness (QED) is 0.588. The smallest absolute Gasteiger partial charge is 0.0722 e. The number of hydrogen-bond acceptors (Lipinski definition) is 2. The average Bonchev–Trinajstić information content (AvgIpc) is 2.87. The Morgan fingerprint density at radius 2 is 1.67 bits per heavy atom. The largest absolute Gasteiger partial charge is 0.262 e. The van der Waals surface area contributed by atoms with Gasteiger partial charge in [0.1, 0.15) is 0 Å². The molecule has 1 heterocycles. The predicted octanol–water partition coefficient (Wildman–Crippen LogP) is 4.51. The van der Waals surface area contributed by atoms with Gasteiger partial charge < -0.3 is 0 Å². The van der Waals surface area contributed by atoms with E-state index in [1.165, 1.54) is 63.5 Å². The van der Waals surface area contributed by atoms with Gasteiger partial charge in [-0.05, 0) is 12.3 Å². The maximum atomic E-state index is 3.88. The van der Waals surface area contributed by atoms with E-state index in [-0.39, 0.29) is 0 Å². The molecule has 0 amide bonds. The van der Waals surface area contributed by atoms with Crippen molar-refractivity contribution in [2.75, 3.05) is 0 Å². The number of aromatic amines is 1. The van der Waals surface area contributed by atoms with Crippen LogP contribution in [0.5, 0.6) is 0 Å². The van der Waals surface area contributed by atoms with Crippen LogP contribution in [0.25, 0.3) is 0 Å². The van der Waals surface area contributed by atoms with Crippen molar-refractivity contribution < 1.29 is 0 Å². The summed E-state index contributed by atoms with van der Waals surface area (Å²) in [6.07, 6.45) is 15.3. The Hall–Kier alpha value is -0.860. The van der Waals surface area contributed by atoms with E-state index >= 15 is 0 Å². The van der Waals surface area contributed by atoms with Gasteiger partial charge in [0.15, 0.2) is 0 Å². The van der Waals surface area contributed by atoms with Gasteiger partial charge in [-0.15, -0.1) is 5.10 Å². The van der Waals surface area contributed by atoms with Crippen molar-refractivity contribution in [3.63, 3.8) is 0 Å². The van der Waals surface area contributed by atoms with Crippen molar-refractivity contribution in [1.82, 2.24) is 15.4 Å². The molecule has 104 valence electrons. The van der Waals surface area contributed by atoms with Crippen LogP contribution in [-0.4, -0.2) is 15.4 Å². The van der Waals surface area contributed by atoms with Gasteiger partial charge >= 0.3 is 0 Å². The molecule has 0 radical (unpaired) electrons. The number of H-pyrrole nitrogens is 1. The first-order chi connectivity index (χ1) is 8.86. The third kappa shape index (κ3) is 6.77. The number of aromatic nitrogens is 3. The first-order valence-electron chi connectivity index (χ1n) is 7.71. The molecule has 0 spiro atoms. The minimum Gasteiger partial charge on any atom is -0.262 e. The van der Waals surface area contributed by atoms with Crippen molar-refractivity contribution in [3.05, 3.63) is 11.9 Å². The van der Waals surface area contributed by atoms with Gasteiger partial charge in [-0.1, -0.05) is 76.8 Å². The normalized spacial score (nSPS) is 12.8. The zero-order valence-electron chi connectivity index (χ0n) is 12.1. The van der Waals surface area contributed by atoms with Crippen LogP contribution >= 0.6 is 0 Å². The zero-order chi connectivity index (χ0) is 13.1. The molecule has 0 aliphatic rings. The van der Waals surface area contributed by atoms with Gasteiger partial charge in [-0.25, -0.2) is 0 Å². The molecule has 1 atom stereocenters. The number of nitrogens with zero attached hydrogens (tertiary/aromatic N) is 2. The van der Waals surface area contributed by atoms with E-state index in [0.717, 1.165) is 12.3 Å². The van der Waals surface area contributed by atoms with Crippen LogP contribution in [0.4, 0.5) is 0 Å². The van der Waals surface area contributed by atoms with Crippen LogP contribution in [0.15, 0.2) is 6.20 Å². The highest BCUT2D eigenvalue weighted by Crippen LogP contribution is 2.21. The molecule has 0 saturated heterocycles. The van der Waals surface area contributed by atoms with Crippen LogP contribution in [0.3, 0.4) is 0 Å². The summed E-state index contributed by atoms with van der Waals surface area (Å²) < 4.78 is 0. The molecule has 1 unspecified atom stereocenters. The summed E-state index contributed by atoms with van der Waals surface area (Å²) in [5, 5.41) is 10.7. The summed E-state index contributed by atoms with van der Waals surface area (Å²) in [7, 11) is 0. The van der Waals surface area contributed by atoms with Gasteiger partial charge in [0.05, 0.1) is 11.9 Å². The number of unbranched alkanes of at least 4 members (excludes halogenated alkanes) is 5. The molecule has 0 aliphatic carbocycles. The number of rotatable bonds is 11. The van der Waals surface area contributed by atoms with E-state index in [4.69, 9.17) is 0 Å². The molecule has 0 aliphatic heterocycles. The first-order valence-corrected chi connectivity index (χ1v) is 7.71. The van der Waals surface area contributed by atoms with E-state index in [1.807, 2.05) is 6.20 Å². The molecule has 0 aromatic carbocycles. The summed E-state index contributed by atoms with van der Waals surface area (Å²) in [6.45, 7) is 4.55. The standard InChI is InChI=1S/C15H29N3/c1-3-5-7-9-11-14(10-8-6-4-2)12-15-13-16-18-17-15/h13-14H,3-12H2,1-2H3,(H,16,17,18). The molecule has 1 aromatic heterocycles. The molecule has 1 N–H and O–H groups in total. The molecule has 0 fully saturated rings. The molecule has 0 bridgehead atoms. The third-order valence-corrected chi connectivity index (χ3v) is 3.66. The van der Waals surface area contributed by atoms with Crippen molar-refractivity contribution >= 4 is 0 Å². The summed E-state index contributed by atoms with van der Waals surface area (Å²) in [5.74, 6) is 0.815. The Labute approximate surface area is 112 Å². The molecular weight excluding hydrogens is 222 g/mol. The van der Waals surface area contributed by atoms with Crippen molar-refractivity contribution in [2.24, 2.45) is 5.92 Å². The number of hydrogen-bond donors (Lipinski definition) is 1. The Morgan fingerprint density at radius 1 is 1.00 bits per heavy atom. The maximum absolute atomic E-state index is 3.88. The summed E-state index contributed by atoms with van der Waals surface area (Å²) in [4.78, 5) is 0. The minimum atomic E-state index is 0.815. The van der Waals surface area contributed by atoms with Crippen molar-refractivity contribution in [3.8, 4) is 0 Å². The van der Waals surface area contributed by atoms with Gasteiger partial charge in [0.25, 0.3) is 0 Å². The number of nitrogens with one attached hydrogen (secondary N) is 1. The minimum absolute atomic E-state index is 0.815. The van der Waals surface area contributed by atoms with Crippen LogP contribution in [0.2, 0.25) is 0 Å². The highest BCUT2D eigenvalue weighted by molar-refractivity contribution is 4.92. The Morgan fingerprint density at radius 3 is 2.28 bits per heavy atom. The van der Waals surface area contributed by atoms with Gasteiger partial charge in [0.2, 0.25) is 0 Å². The Kier molecular flexibility index (Phi) is 8.53. The molecule has 3 nitrogen and oxygen atoms in total. The van der Waals surface area contributed by atoms with Crippen LogP contribution in [0, 0.1) is 5.92 Å². The van der Waals surface area contributed by atoms with Crippen LogP contribution in [-0.2, 0) is 6.42 Å². The fourth-order valence-corrected chi connectivity index (χ4v) is 2.52. The summed E-state index contributed by atoms with van der Waals surface area (Å²) in [5.41, 5.74) is 1.20. The van der Waals surface area contributed by atoms with Gasteiger partial charge in [-0.3, -0.25) is 5.10 Å². The average molecular weight is 251 g/mol.